The molecule has 1 aliphatic heterocycles. The maximum absolute atomic E-state index is 12.9. The first-order valence-corrected chi connectivity index (χ1v) is 13.3. The van der Waals surface area contributed by atoms with Gasteiger partial charge in [0.05, 0.1) is 17.7 Å². The van der Waals surface area contributed by atoms with Gasteiger partial charge in [-0.3, -0.25) is 9.36 Å². The minimum absolute atomic E-state index is 0.0388. The van der Waals surface area contributed by atoms with Crippen molar-refractivity contribution in [1.82, 2.24) is 24.6 Å². The second-order valence-corrected chi connectivity index (χ2v) is 10.0. The third kappa shape index (κ3) is 6.06. The molecule has 186 valence electrons. The fraction of sp³-hybridized carbons (Fsp3) is 0.423. The highest BCUT2D eigenvalue weighted by Gasteiger charge is 2.22. The highest BCUT2D eigenvalue weighted by atomic mass is 35.5. The number of aromatic nitrogens is 3. The predicted octanol–water partition coefficient (Wildman–Crippen LogP) is 4.88. The van der Waals surface area contributed by atoms with Crippen LogP contribution in [0.15, 0.2) is 53.7 Å². The molecular formula is C26H32ClN5O2S. The van der Waals surface area contributed by atoms with Gasteiger partial charge in [0.1, 0.15) is 0 Å². The normalized spacial score (nSPS) is 15.4. The molecule has 7 nitrogen and oxygen atoms in total. The summed E-state index contributed by atoms with van der Waals surface area (Å²) < 4.78 is 7.49. The Bertz CT molecular complexity index is 1130. The largest absolute Gasteiger partial charge is 0.383 e. The second-order valence-electron chi connectivity index (χ2n) is 8.67. The van der Waals surface area contributed by atoms with E-state index in [1.165, 1.54) is 0 Å². The van der Waals surface area contributed by atoms with Gasteiger partial charge in [0.15, 0.2) is 11.0 Å². The number of hydrogen-bond donors (Lipinski definition) is 0. The molecule has 0 radical (unpaired) electrons. The van der Waals surface area contributed by atoms with Gasteiger partial charge in [0.25, 0.3) is 5.91 Å². The lowest BCUT2D eigenvalue weighted by Gasteiger charge is -2.34. The minimum atomic E-state index is 0.0388. The molecule has 1 amide bonds. The molecular weight excluding hydrogens is 482 g/mol. The average Bonchev–Trinajstić information content (AvgIpc) is 3.31. The first-order chi connectivity index (χ1) is 17.0. The van der Waals surface area contributed by atoms with Crippen molar-refractivity contribution >= 4 is 29.3 Å². The van der Waals surface area contributed by atoms with E-state index in [-0.39, 0.29) is 11.9 Å². The molecule has 0 spiro atoms. The number of hydrogen-bond acceptors (Lipinski definition) is 6. The Kier molecular flexibility index (Phi) is 8.83. The van der Waals surface area contributed by atoms with Gasteiger partial charge < -0.3 is 14.5 Å². The molecule has 35 heavy (non-hydrogen) atoms. The molecule has 2 heterocycles. The highest BCUT2D eigenvalue weighted by Crippen LogP contribution is 2.33. The first-order valence-electron chi connectivity index (χ1n) is 11.9. The van der Waals surface area contributed by atoms with Crippen LogP contribution in [0.5, 0.6) is 0 Å². The number of piperazine rings is 1. The molecule has 4 rings (SSSR count). The van der Waals surface area contributed by atoms with Gasteiger partial charge in [-0.2, -0.15) is 0 Å². The lowest BCUT2D eigenvalue weighted by atomic mass is 10.1. The van der Waals surface area contributed by atoms with E-state index >= 15 is 0 Å². The summed E-state index contributed by atoms with van der Waals surface area (Å²) in [6.45, 7) is 9.26. The lowest BCUT2D eigenvalue weighted by molar-refractivity contribution is 0.0643. The number of ether oxygens (including phenoxy) is 1. The SMILES string of the molecule is CCN1CCN(C(=O)c2ccc(CSc3nnc(-c4ccccc4Cl)n3[C@@H](C)COC)cc2)CC1. The van der Waals surface area contributed by atoms with Crippen LogP contribution >= 0.6 is 23.4 Å². The Hall–Kier alpha value is -2.39. The summed E-state index contributed by atoms with van der Waals surface area (Å²) in [6.07, 6.45) is 0. The number of carbonyl (C=O) groups is 1. The molecule has 1 aliphatic rings. The molecule has 9 heteroatoms. The molecule has 0 N–H and O–H groups in total. The number of thioether (sulfide) groups is 1. The number of rotatable bonds is 9. The van der Waals surface area contributed by atoms with Crippen LogP contribution in [0.4, 0.5) is 0 Å². The standard InChI is InChI=1S/C26H32ClN5O2S/c1-4-30-13-15-31(16-14-30)25(33)21-11-9-20(10-12-21)18-35-26-29-28-24(32(26)19(2)17-34-3)22-7-5-6-8-23(22)27/h5-12,19H,4,13-18H2,1-3H3/t19-/m0/s1. The smallest absolute Gasteiger partial charge is 0.253 e. The first kappa shape index (κ1) is 25.7. The molecule has 1 atom stereocenters. The molecule has 2 aromatic carbocycles. The van der Waals surface area contributed by atoms with Crippen LogP contribution in [0.2, 0.25) is 5.02 Å². The predicted molar refractivity (Wildman–Crippen MR) is 141 cm³/mol. The fourth-order valence-electron chi connectivity index (χ4n) is 4.26. The second kappa shape index (κ2) is 12.0. The monoisotopic (exact) mass is 513 g/mol. The third-order valence-corrected chi connectivity index (χ3v) is 7.65. The topological polar surface area (TPSA) is 63.5 Å². The van der Waals surface area contributed by atoms with Crippen molar-refractivity contribution in [2.75, 3.05) is 46.4 Å². The van der Waals surface area contributed by atoms with Crippen LogP contribution in [-0.4, -0.2) is 76.9 Å². The summed E-state index contributed by atoms with van der Waals surface area (Å²) in [5.74, 6) is 1.55. The van der Waals surface area contributed by atoms with Crippen molar-refractivity contribution in [3.8, 4) is 11.4 Å². The summed E-state index contributed by atoms with van der Waals surface area (Å²) in [7, 11) is 1.69. The van der Waals surface area contributed by atoms with Crippen LogP contribution < -0.4 is 0 Å². The van der Waals surface area contributed by atoms with Crippen molar-refractivity contribution in [3.63, 3.8) is 0 Å². The number of carbonyl (C=O) groups excluding carboxylic acids is 1. The molecule has 1 aromatic heterocycles. The van der Waals surface area contributed by atoms with Gasteiger partial charge in [0.2, 0.25) is 0 Å². The van der Waals surface area contributed by atoms with E-state index in [1.54, 1.807) is 18.9 Å². The van der Waals surface area contributed by atoms with E-state index in [0.29, 0.717) is 17.4 Å². The Morgan fingerprint density at radius 1 is 1.09 bits per heavy atom. The highest BCUT2D eigenvalue weighted by molar-refractivity contribution is 7.98. The summed E-state index contributed by atoms with van der Waals surface area (Å²) in [4.78, 5) is 17.2. The molecule has 1 saturated heterocycles. The molecule has 3 aromatic rings. The minimum Gasteiger partial charge on any atom is -0.383 e. The van der Waals surface area contributed by atoms with Gasteiger partial charge >= 0.3 is 0 Å². The lowest BCUT2D eigenvalue weighted by Crippen LogP contribution is -2.48. The fourth-order valence-corrected chi connectivity index (χ4v) is 5.47. The van der Waals surface area contributed by atoms with Crippen LogP contribution in [0.3, 0.4) is 0 Å². The molecule has 1 fully saturated rings. The van der Waals surface area contributed by atoms with Gasteiger partial charge in [-0.1, -0.05) is 54.6 Å². The van der Waals surface area contributed by atoms with Gasteiger partial charge in [-0.05, 0) is 43.3 Å². The van der Waals surface area contributed by atoms with E-state index in [1.807, 2.05) is 53.4 Å². The summed E-state index contributed by atoms with van der Waals surface area (Å²) >= 11 is 8.06. The zero-order valence-electron chi connectivity index (χ0n) is 20.5. The van der Waals surface area contributed by atoms with Gasteiger partial charge in [-0.15, -0.1) is 10.2 Å². The Morgan fingerprint density at radius 3 is 2.46 bits per heavy atom. The average molecular weight is 514 g/mol. The van der Waals surface area contributed by atoms with E-state index in [4.69, 9.17) is 16.3 Å². The summed E-state index contributed by atoms with van der Waals surface area (Å²) in [5.41, 5.74) is 2.70. The van der Waals surface area contributed by atoms with Gasteiger partial charge in [-0.25, -0.2) is 0 Å². The van der Waals surface area contributed by atoms with Crippen LogP contribution in [-0.2, 0) is 10.5 Å². The van der Waals surface area contributed by atoms with Crippen molar-refractivity contribution in [2.45, 2.75) is 30.8 Å². The van der Waals surface area contributed by atoms with Gasteiger partial charge in [0, 0.05) is 50.2 Å². The number of amides is 1. The zero-order valence-corrected chi connectivity index (χ0v) is 22.1. The van der Waals surface area contributed by atoms with Crippen molar-refractivity contribution in [2.24, 2.45) is 0 Å². The molecule has 0 aliphatic carbocycles. The van der Waals surface area contributed by atoms with E-state index < -0.39 is 0 Å². The number of nitrogens with zero attached hydrogens (tertiary/aromatic N) is 5. The molecule has 0 bridgehead atoms. The van der Waals surface area contributed by atoms with E-state index in [9.17, 15) is 4.79 Å². The summed E-state index contributed by atoms with van der Waals surface area (Å²) in [6, 6.07) is 15.6. The summed E-state index contributed by atoms with van der Waals surface area (Å²) in [5, 5.41) is 10.4. The number of halogens is 1. The van der Waals surface area contributed by atoms with Crippen LogP contribution in [0, 0.1) is 0 Å². The zero-order chi connectivity index (χ0) is 24.8. The maximum Gasteiger partial charge on any atom is 0.253 e. The number of likely N-dealkylation sites (N-methyl/N-ethyl adjacent to an activating group) is 1. The van der Waals surface area contributed by atoms with Crippen molar-refractivity contribution < 1.29 is 9.53 Å². The molecule has 0 saturated carbocycles. The molecule has 0 unspecified atom stereocenters. The van der Waals surface area contributed by atoms with E-state index in [0.717, 1.165) is 60.4 Å². The Labute approximate surface area is 216 Å². The van der Waals surface area contributed by atoms with Crippen molar-refractivity contribution in [3.05, 3.63) is 64.7 Å². The quantitative estimate of drug-likeness (QED) is 0.380. The van der Waals surface area contributed by atoms with E-state index in [2.05, 4.69) is 33.5 Å². The number of methoxy groups -OCH3 is 1. The van der Waals surface area contributed by atoms with Crippen LogP contribution in [0.1, 0.15) is 35.8 Å². The third-order valence-electron chi connectivity index (χ3n) is 6.30. The van der Waals surface area contributed by atoms with Crippen molar-refractivity contribution in [1.29, 1.82) is 0 Å². The number of benzene rings is 2. The Morgan fingerprint density at radius 2 is 1.80 bits per heavy atom. The van der Waals surface area contributed by atoms with Crippen LogP contribution in [0.25, 0.3) is 11.4 Å². The Balaban J connectivity index is 1.46. The maximum atomic E-state index is 12.9.